The predicted octanol–water partition coefficient (Wildman–Crippen LogP) is 4.25. The SMILES string of the molecule is CCCCCCC(O)CSCc1ccccc1. The highest BCUT2D eigenvalue weighted by Gasteiger charge is 2.03. The van der Waals surface area contributed by atoms with Crippen LogP contribution in [0, 0.1) is 0 Å². The largest absolute Gasteiger partial charge is 0.392 e. The fourth-order valence-electron chi connectivity index (χ4n) is 1.78. The summed E-state index contributed by atoms with van der Waals surface area (Å²) in [6.45, 7) is 2.21. The maximum absolute atomic E-state index is 9.81. The Hall–Kier alpha value is -0.470. The number of thioether (sulfide) groups is 1. The molecular weight excluding hydrogens is 228 g/mol. The summed E-state index contributed by atoms with van der Waals surface area (Å²) in [7, 11) is 0. The van der Waals surface area contributed by atoms with Crippen LogP contribution in [0.25, 0.3) is 0 Å². The van der Waals surface area contributed by atoms with Gasteiger partial charge in [-0.2, -0.15) is 11.8 Å². The van der Waals surface area contributed by atoms with Crippen LogP contribution in [0.4, 0.5) is 0 Å². The van der Waals surface area contributed by atoms with E-state index in [0.717, 1.165) is 17.9 Å². The lowest BCUT2D eigenvalue weighted by molar-refractivity contribution is 0.185. The summed E-state index contributed by atoms with van der Waals surface area (Å²) in [5.41, 5.74) is 1.34. The molecule has 96 valence electrons. The Kier molecular flexibility index (Phi) is 8.20. The molecule has 0 fully saturated rings. The molecule has 1 aromatic rings. The lowest BCUT2D eigenvalue weighted by Crippen LogP contribution is -2.09. The van der Waals surface area contributed by atoms with Crippen molar-refractivity contribution in [2.45, 2.75) is 50.9 Å². The van der Waals surface area contributed by atoms with Gasteiger partial charge in [0.05, 0.1) is 6.10 Å². The average Bonchev–Trinajstić information content (AvgIpc) is 2.36. The predicted molar refractivity (Wildman–Crippen MR) is 77.4 cm³/mol. The van der Waals surface area contributed by atoms with Gasteiger partial charge in [0, 0.05) is 11.5 Å². The Morgan fingerprint density at radius 1 is 1.12 bits per heavy atom. The monoisotopic (exact) mass is 252 g/mol. The van der Waals surface area contributed by atoms with E-state index in [9.17, 15) is 5.11 Å². The van der Waals surface area contributed by atoms with Crippen LogP contribution >= 0.6 is 11.8 Å². The quantitative estimate of drug-likeness (QED) is 0.663. The molecule has 0 aliphatic rings. The van der Waals surface area contributed by atoms with Crippen LogP contribution in [0.3, 0.4) is 0 Å². The highest BCUT2D eigenvalue weighted by Crippen LogP contribution is 2.15. The summed E-state index contributed by atoms with van der Waals surface area (Å²) in [4.78, 5) is 0. The van der Waals surface area contributed by atoms with Gasteiger partial charge in [-0.15, -0.1) is 0 Å². The second-order valence-electron chi connectivity index (χ2n) is 4.50. The van der Waals surface area contributed by atoms with E-state index >= 15 is 0 Å². The standard InChI is InChI=1S/C15H24OS/c1-2-3-4-8-11-15(16)13-17-12-14-9-6-5-7-10-14/h5-7,9-10,15-16H,2-4,8,11-13H2,1H3. The molecule has 0 saturated carbocycles. The van der Waals surface area contributed by atoms with Crippen molar-refractivity contribution in [3.63, 3.8) is 0 Å². The second-order valence-corrected chi connectivity index (χ2v) is 5.53. The molecule has 0 amide bonds. The highest BCUT2D eigenvalue weighted by molar-refractivity contribution is 7.98. The van der Waals surface area contributed by atoms with Crippen LogP contribution < -0.4 is 0 Å². The van der Waals surface area contributed by atoms with Crippen LogP contribution in [-0.4, -0.2) is 17.0 Å². The zero-order valence-electron chi connectivity index (χ0n) is 10.8. The van der Waals surface area contributed by atoms with Crippen molar-refractivity contribution in [3.8, 4) is 0 Å². The molecule has 0 aromatic heterocycles. The molecule has 1 rings (SSSR count). The van der Waals surface area contributed by atoms with Gasteiger partial charge in [0.2, 0.25) is 0 Å². The molecule has 17 heavy (non-hydrogen) atoms. The maximum atomic E-state index is 9.81. The Morgan fingerprint density at radius 3 is 2.59 bits per heavy atom. The summed E-state index contributed by atoms with van der Waals surface area (Å²) in [5.74, 6) is 1.87. The molecule has 0 radical (unpaired) electrons. The van der Waals surface area contributed by atoms with Crippen LogP contribution in [-0.2, 0) is 5.75 Å². The summed E-state index contributed by atoms with van der Waals surface area (Å²) >= 11 is 1.83. The van der Waals surface area contributed by atoms with Crippen molar-refractivity contribution < 1.29 is 5.11 Å². The van der Waals surface area contributed by atoms with Gasteiger partial charge in [-0.25, -0.2) is 0 Å². The first-order valence-electron chi connectivity index (χ1n) is 6.62. The zero-order chi connectivity index (χ0) is 12.3. The molecule has 0 saturated heterocycles. The van der Waals surface area contributed by atoms with E-state index in [1.54, 1.807) is 0 Å². The van der Waals surface area contributed by atoms with Crippen LogP contribution in [0.15, 0.2) is 30.3 Å². The van der Waals surface area contributed by atoms with E-state index in [2.05, 4.69) is 31.2 Å². The smallest absolute Gasteiger partial charge is 0.0630 e. The van der Waals surface area contributed by atoms with E-state index in [0.29, 0.717) is 0 Å². The Bertz CT molecular complexity index is 274. The molecule has 0 aliphatic carbocycles. The fourth-order valence-corrected chi connectivity index (χ4v) is 2.76. The van der Waals surface area contributed by atoms with Crippen molar-refractivity contribution in [2.24, 2.45) is 0 Å². The molecule has 1 atom stereocenters. The van der Waals surface area contributed by atoms with Gasteiger partial charge in [-0.1, -0.05) is 62.9 Å². The minimum Gasteiger partial charge on any atom is -0.392 e. The number of benzene rings is 1. The third-order valence-corrected chi connectivity index (χ3v) is 3.97. The van der Waals surface area contributed by atoms with Gasteiger partial charge in [0.15, 0.2) is 0 Å². The number of unbranched alkanes of at least 4 members (excludes halogenated alkanes) is 3. The number of aliphatic hydroxyl groups is 1. The van der Waals surface area contributed by atoms with Crippen LogP contribution in [0.1, 0.15) is 44.6 Å². The molecule has 0 spiro atoms. The molecule has 1 aromatic carbocycles. The minimum atomic E-state index is -0.124. The first kappa shape index (κ1) is 14.6. The second kappa shape index (κ2) is 9.55. The van der Waals surface area contributed by atoms with Gasteiger partial charge < -0.3 is 5.11 Å². The third kappa shape index (κ3) is 7.45. The minimum absolute atomic E-state index is 0.124. The fraction of sp³-hybridized carbons (Fsp3) is 0.600. The molecule has 1 nitrogen and oxygen atoms in total. The Balaban J connectivity index is 2.02. The van der Waals surface area contributed by atoms with Crippen molar-refractivity contribution in [2.75, 3.05) is 5.75 Å². The van der Waals surface area contributed by atoms with Gasteiger partial charge in [-0.05, 0) is 12.0 Å². The van der Waals surface area contributed by atoms with Crippen LogP contribution in [0.2, 0.25) is 0 Å². The lowest BCUT2D eigenvalue weighted by Gasteiger charge is -2.09. The van der Waals surface area contributed by atoms with Gasteiger partial charge in [-0.3, -0.25) is 0 Å². The van der Waals surface area contributed by atoms with Crippen LogP contribution in [0.5, 0.6) is 0 Å². The van der Waals surface area contributed by atoms with E-state index in [-0.39, 0.29) is 6.10 Å². The van der Waals surface area contributed by atoms with Gasteiger partial charge in [0.25, 0.3) is 0 Å². The summed E-state index contributed by atoms with van der Waals surface area (Å²) in [6.07, 6.45) is 5.82. The molecule has 2 heteroatoms. The first-order valence-corrected chi connectivity index (χ1v) is 7.78. The number of hydrogen-bond acceptors (Lipinski definition) is 2. The summed E-state index contributed by atoms with van der Waals surface area (Å²) in [5, 5.41) is 9.81. The molecular formula is C15H24OS. The highest BCUT2D eigenvalue weighted by atomic mass is 32.2. The maximum Gasteiger partial charge on any atom is 0.0630 e. The molecule has 0 bridgehead atoms. The van der Waals surface area contributed by atoms with E-state index < -0.39 is 0 Å². The van der Waals surface area contributed by atoms with E-state index in [4.69, 9.17) is 0 Å². The van der Waals surface area contributed by atoms with E-state index in [1.165, 1.54) is 31.2 Å². The number of rotatable bonds is 9. The molecule has 1 N–H and O–H groups in total. The van der Waals surface area contributed by atoms with Crippen molar-refractivity contribution in [1.29, 1.82) is 0 Å². The molecule has 0 heterocycles. The first-order chi connectivity index (χ1) is 8.33. The van der Waals surface area contributed by atoms with Crippen molar-refractivity contribution in [1.82, 2.24) is 0 Å². The number of hydrogen-bond donors (Lipinski definition) is 1. The van der Waals surface area contributed by atoms with Gasteiger partial charge in [0.1, 0.15) is 0 Å². The van der Waals surface area contributed by atoms with Crippen molar-refractivity contribution in [3.05, 3.63) is 35.9 Å². The average molecular weight is 252 g/mol. The van der Waals surface area contributed by atoms with Gasteiger partial charge >= 0.3 is 0 Å². The third-order valence-electron chi connectivity index (χ3n) is 2.81. The zero-order valence-corrected chi connectivity index (χ0v) is 11.6. The van der Waals surface area contributed by atoms with Crippen molar-refractivity contribution >= 4 is 11.8 Å². The topological polar surface area (TPSA) is 20.2 Å². The molecule has 1 unspecified atom stereocenters. The Morgan fingerprint density at radius 2 is 1.88 bits per heavy atom. The summed E-state index contributed by atoms with van der Waals surface area (Å²) in [6, 6.07) is 10.5. The van der Waals surface area contributed by atoms with E-state index in [1.807, 2.05) is 17.8 Å². The normalized spacial score (nSPS) is 12.6. The summed E-state index contributed by atoms with van der Waals surface area (Å²) < 4.78 is 0. The lowest BCUT2D eigenvalue weighted by atomic mass is 10.1. The molecule has 0 aliphatic heterocycles. The Labute approximate surface area is 110 Å². The number of aliphatic hydroxyl groups excluding tert-OH is 1.